The minimum Gasteiger partial charge on any atom is -0.462 e. The van der Waals surface area contributed by atoms with Gasteiger partial charge in [0.25, 0.3) is 10.0 Å². The van der Waals surface area contributed by atoms with E-state index in [0.717, 1.165) is 5.56 Å². The van der Waals surface area contributed by atoms with Crippen molar-refractivity contribution in [3.8, 4) is 11.1 Å². The molecule has 3 aromatic rings. The number of nitrogens with one attached hydrogen (secondary N) is 1. The van der Waals surface area contributed by atoms with E-state index in [1.807, 2.05) is 35.7 Å². The van der Waals surface area contributed by atoms with Gasteiger partial charge in [-0.25, -0.2) is 13.2 Å². The lowest BCUT2D eigenvalue weighted by Crippen LogP contribution is -2.41. The van der Waals surface area contributed by atoms with Crippen LogP contribution in [-0.2, 0) is 19.6 Å². The molecule has 174 valence electrons. The Balaban J connectivity index is 1.48. The summed E-state index contributed by atoms with van der Waals surface area (Å²) in [6.07, 6.45) is 0.837. The van der Waals surface area contributed by atoms with E-state index in [9.17, 15) is 18.0 Å². The summed E-state index contributed by atoms with van der Waals surface area (Å²) >= 11 is 2.47. The van der Waals surface area contributed by atoms with E-state index >= 15 is 0 Å². The number of hydrogen-bond acceptors (Lipinski definition) is 7. The lowest BCUT2D eigenvalue weighted by molar-refractivity contribution is -0.120. The van der Waals surface area contributed by atoms with Crippen LogP contribution in [0.1, 0.15) is 30.1 Å². The Morgan fingerprint density at radius 2 is 1.82 bits per heavy atom. The molecule has 4 rings (SSSR count). The molecule has 1 aliphatic rings. The molecule has 0 saturated carbocycles. The highest BCUT2D eigenvalue weighted by atomic mass is 32.2. The molecule has 0 unspecified atom stereocenters. The highest BCUT2D eigenvalue weighted by Gasteiger charge is 2.33. The van der Waals surface area contributed by atoms with Crippen molar-refractivity contribution in [3.63, 3.8) is 0 Å². The fourth-order valence-corrected chi connectivity index (χ4v) is 7.37. The third-order valence-corrected chi connectivity index (χ3v) is 9.67. The molecule has 1 aromatic carbocycles. The molecule has 2 aromatic heterocycles. The highest BCUT2D eigenvalue weighted by molar-refractivity contribution is 7.91. The average molecular weight is 505 g/mol. The van der Waals surface area contributed by atoms with E-state index in [2.05, 4.69) is 5.32 Å². The van der Waals surface area contributed by atoms with Gasteiger partial charge in [-0.2, -0.15) is 4.31 Å². The Bertz CT molecular complexity index is 1210. The number of nitrogens with zero attached hydrogens (tertiary/aromatic N) is 1. The van der Waals surface area contributed by atoms with Gasteiger partial charge in [0.15, 0.2) is 0 Å². The van der Waals surface area contributed by atoms with Gasteiger partial charge in [0.2, 0.25) is 5.91 Å². The Morgan fingerprint density at radius 1 is 1.09 bits per heavy atom. The largest absolute Gasteiger partial charge is 0.462 e. The summed E-state index contributed by atoms with van der Waals surface area (Å²) < 4.78 is 32.4. The number of sulfonamides is 1. The number of benzene rings is 1. The van der Waals surface area contributed by atoms with Gasteiger partial charge >= 0.3 is 5.97 Å². The zero-order valence-corrected chi connectivity index (χ0v) is 20.5. The average Bonchev–Trinajstić information content (AvgIpc) is 3.51. The Kier molecular flexibility index (Phi) is 7.28. The first-order chi connectivity index (χ1) is 15.9. The van der Waals surface area contributed by atoms with Crippen LogP contribution in [-0.4, -0.2) is 44.3 Å². The lowest BCUT2D eigenvalue weighted by Gasteiger charge is -2.30. The van der Waals surface area contributed by atoms with Crippen molar-refractivity contribution in [1.29, 1.82) is 0 Å². The van der Waals surface area contributed by atoms with Gasteiger partial charge in [0.1, 0.15) is 14.8 Å². The summed E-state index contributed by atoms with van der Waals surface area (Å²) in [6, 6.07) is 12.8. The second-order valence-corrected chi connectivity index (χ2v) is 11.5. The number of piperidine rings is 1. The van der Waals surface area contributed by atoms with Crippen molar-refractivity contribution in [2.24, 2.45) is 5.92 Å². The van der Waals surface area contributed by atoms with Crippen LogP contribution in [0.15, 0.2) is 57.4 Å². The maximum atomic E-state index is 13.0. The number of thiophene rings is 2. The standard InChI is InChI=1S/C23H24N2O5S3/c1-2-30-23(27)20-18(16-7-4-3-5-8-16)15-32-22(20)24-21(26)17-10-12-25(13-11-17)33(28,29)19-9-6-14-31-19/h3-9,14-15,17H,2,10-13H2,1H3,(H,24,26). The molecule has 3 heterocycles. The van der Waals surface area contributed by atoms with Gasteiger partial charge in [-0.3, -0.25) is 4.79 Å². The quantitative estimate of drug-likeness (QED) is 0.471. The van der Waals surface area contributed by atoms with Crippen LogP contribution in [0.4, 0.5) is 5.00 Å². The Hall–Kier alpha value is -2.53. The van der Waals surface area contributed by atoms with E-state index in [1.54, 1.807) is 24.4 Å². The number of hydrogen-bond donors (Lipinski definition) is 1. The summed E-state index contributed by atoms with van der Waals surface area (Å²) in [7, 11) is -3.52. The van der Waals surface area contributed by atoms with Crippen LogP contribution < -0.4 is 5.32 Å². The van der Waals surface area contributed by atoms with Gasteiger partial charge in [0, 0.05) is 30.0 Å². The monoisotopic (exact) mass is 504 g/mol. The first kappa shape index (κ1) is 23.6. The topological polar surface area (TPSA) is 92.8 Å². The van der Waals surface area contributed by atoms with E-state index in [0.29, 0.717) is 33.2 Å². The molecule has 0 bridgehead atoms. The number of ether oxygens (including phenoxy) is 1. The van der Waals surface area contributed by atoms with Crippen molar-refractivity contribution in [2.45, 2.75) is 24.0 Å². The molecule has 0 radical (unpaired) electrons. The SMILES string of the molecule is CCOC(=O)c1c(-c2ccccc2)csc1NC(=O)C1CCN(S(=O)(=O)c2cccs2)CC1. The third kappa shape index (κ3) is 5.03. The van der Waals surface area contributed by atoms with E-state index in [4.69, 9.17) is 4.74 Å². The number of esters is 1. The maximum Gasteiger partial charge on any atom is 0.341 e. The van der Waals surface area contributed by atoms with Crippen LogP contribution in [0.5, 0.6) is 0 Å². The second-order valence-electron chi connectivity index (χ2n) is 7.54. The Morgan fingerprint density at radius 3 is 2.45 bits per heavy atom. The van der Waals surface area contributed by atoms with Crippen LogP contribution in [0.3, 0.4) is 0 Å². The second kappa shape index (κ2) is 10.2. The summed E-state index contributed by atoms with van der Waals surface area (Å²) in [5.41, 5.74) is 1.93. The van der Waals surface area contributed by atoms with Crippen LogP contribution >= 0.6 is 22.7 Å². The first-order valence-corrected chi connectivity index (χ1v) is 13.8. The van der Waals surface area contributed by atoms with Crippen LogP contribution in [0, 0.1) is 5.92 Å². The molecule has 1 amide bonds. The van der Waals surface area contributed by atoms with Gasteiger partial charge in [0.05, 0.1) is 6.61 Å². The Labute approximate surface area is 201 Å². The zero-order chi connectivity index (χ0) is 23.4. The fraction of sp³-hybridized carbons (Fsp3) is 0.304. The number of rotatable bonds is 7. The highest BCUT2D eigenvalue weighted by Crippen LogP contribution is 2.37. The molecular formula is C23H24N2O5S3. The van der Waals surface area contributed by atoms with E-state index < -0.39 is 16.0 Å². The predicted octanol–water partition coefficient (Wildman–Crippen LogP) is 4.69. The summed E-state index contributed by atoms with van der Waals surface area (Å²) in [6.45, 7) is 2.53. The molecule has 1 fully saturated rings. The summed E-state index contributed by atoms with van der Waals surface area (Å²) in [5.74, 6) is -1.03. The minimum atomic E-state index is -3.52. The third-order valence-electron chi connectivity index (χ3n) is 5.51. The van der Waals surface area contributed by atoms with Crippen molar-refractivity contribution in [1.82, 2.24) is 4.31 Å². The minimum absolute atomic E-state index is 0.213. The van der Waals surface area contributed by atoms with E-state index in [-0.39, 0.29) is 31.5 Å². The number of carbonyl (C=O) groups excluding carboxylic acids is 2. The van der Waals surface area contributed by atoms with Crippen molar-refractivity contribution < 1.29 is 22.7 Å². The van der Waals surface area contributed by atoms with Gasteiger partial charge in [-0.15, -0.1) is 22.7 Å². The number of carbonyl (C=O) groups is 2. The number of amides is 1. The van der Waals surface area contributed by atoms with Gasteiger partial charge in [-0.05, 0) is 36.8 Å². The van der Waals surface area contributed by atoms with Crippen LogP contribution in [0.25, 0.3) is 11.1 Å². The molecule has 1 N–H and O–H groups in total. The molecule has 0 aliphatic carbocycles. The molecule has 0 spiro atoms. The molecule has 0 atom stereocenters. The normalized spacial score (nSPS) is 15.3. The van der Waals surface area contributed by atoms with Gasteiger partial charge < -0.3 is 10.1 Å². The predicted molar refractivity (Wildman–Crippen MR) is 130 cm³/mol. The molecule has 33 heavy (non-hydrogen) atoms. The lowest BCUT2D eigenvalue weighted by atomic mass is 9.97. The fourth-order valence-electron chi connectivity index (χ4n) is 3.80. The molecule has 1 aliphatic heterocycles. The summed E-state index contributed by atoms with van der Waals surface area (Å²) in [5, 5.41) is 6.93. The zero-order valence-electron chi connectivity index (χ0n) is 18.0. The van der Waals surface area contributed by atoms with Crippen LogP contribution in [0.2, 0.25) is 0 Å². The maximum absolute atomic E-state index is 13.0. The first-order valence-electron chi connectivity index (χ1n) is 10.6. The molecule has 7 nitrogen and oxygen atoms in total. The van der Waals surface area contributed by atoms with Crippen molar-refractivity contribution in [2.75, 3.05) is 25.0 Å². The van der Waals surface area contributed by atoms with Crippen molar-refractivity contribution in [3.05, 3.63) is 58.8 Å². The number of anilines is 1. The summed E-state index contributed by atoms with van der Waals surface area (Å²) in [4.78, 5) is 25.7. The molecule has 1 saturated heterocycles. The van der Waals surface area contributed by atoms with Gasteiger partial charge in [-0.1, -0.05) is 36.4 Å². The smallest absolute Gasteiger partial charge is 0.341 e. The molecule has 10 heteroatoms. The molecular weight excluding hydrogens is 480 g/mol. The van der Waals surface area contributed by atoms with E-state index in [1.165, 1.54) is 27.0 Å². The van der Waals surface area contributed by atoms with Crippen molar-refractivity contribution >= 4 is 49.6 Å².